The van der Waals surface area contributed by atoms with Crippen molar-refractivity contribution in [1.82, 2.24) is 15.5 Å². The third-order valence-corrected chi connectivity index (χ3v) is 5.21. The van der Waals surface area contributed by atoms with E-state index in [0.29, 0.717) is 32.3 Å². The van der Waals surface area contributed by atoms with E-state index in [0.717, 1.165) is 25.3 Å². The van der Waals surface area contributed by atoms with Crippen LogP contribution in [0, 0.1) is 6.92 Å². The maximum Gasteiger partial charge on any atom is 0.409 e. The van der Waals surface area contributed by atoms with Crippen molar-refractivity contribution in [2.45, 2.75) is 58.9 Å². The number of carbonyl (C=O) groups excluding carboxylic acids is 1. The minimum absolute atomic E-state index is 0.0407. The minimum atomic E-state index is -0.207. The van der Waals surface area contributed by atoms with Gasteiger partial charge in [-0.25, -0.2) is 4.79 Å². The predicted octanol–water partition coefficient (Wildman–Crippen LogP) is 3.45. The van der Waals surface area contributed by atoms with Crippen LogP contribution >= 0.6 is 0 Å². The summed E-state index contributed by atoms with van der Waals surface area (Å²) in [6.07, 6.45) is 1.58. The molecule has 1 amide bonds. The van der Waals surface area contributed by atoms with Gasteiger partial charge in [0.2, 0.25) is 0 Å². The number of nitrogens with one attached hydrogen (secondary N) is 2. The van der Waals surface area contributed by atoms with Crippen LogP contribution in [0.4, 0.5) is 4.79 Å². The van der Waals surface area contributed by atoms with E-state index >= 15 is 0 Å². The van der Waals surface area contributed by atoms with Crippen molar-refractivity contribution in [2.24, 2.45) is 4.99 Å². The van der Waals surface area contributed by atoms with Crippen LogP contribution < -0.4 is 10.6 Å². The largest absolute Gasteiger partial charge is 0.450 e. The number of nitrogens with zero attached hydrogens (tertiary/aromatic N) is 2. The van der Waals surface area contributed by atoms with Gasteiger partial charge in [0.15, 0.2) is 5.96 Å². The van der Waals surface area contributed by atoms with Gasteiger partial charge in [0.05, 0.1) is 13.2 Å². The molecule has 1 aromatic rings. The Hall–Kier alpha value is -2.24. The van der Waals surface area contributed by atoms with Crippen LogP contribution in [0.2, 0.25) is 0 Å². The van der Waals surface area contributed by atoms with Crippen LogP contribution in [0.25, 0.3) is 0 Å². The zero-order valence-corrected chi connectivity index (χ0v) is 18.0. The van der Waals surface area contributed by atoms with Crippen molar-refractivity contribution in [1.29, 1.82) is 0 Å². The van der Waals surface area contributed by atoms with E-state index in [-0.39, 0.29) is 11.5 Å². The second kappa shape index (κ2) is 10.3. The number of hydrogen-bond donors (Lipinski definition) is 2. The third-order valence-electron chi connectivity index (χ3n) is 5.21. The highest BCUT2D eigenvalue weighted by atomic mass is 16.6. The fourth-order valence-electron chi connectivity index (χ4n) is 3.63. The van der Waals surface area contributed by atoms with Crippen LogP contribution in [0.3, 0.4) is 0 Å². The fourth-order valence-corrected chi connectivity index (χ4v) is 3.63. The standard InChI is InChI=1S/C22H36N4O2/c1-6-23-20(24-16-22(4,5)19-11-9-8-10-17(19)3)25-18-12-14-26(15-13-18)21(27)28-7-2/h8-11,18H,6-7,12-16H2,1-5H3,(H2,23,24,25). The van der Waals surface area contributed by atoms with E-state index in [1.54, 1.807) is 4.90 Å². The molecule has 1 aromatic carbocycles. The highest BCUT2D eigenvalue weighted by Gasteiger charge is 2.25. The summed E-state index contributed by atoms with van der Waals surface area (Å²) in [6.45, 7) is 13.9. The molecule has 0 unspecified atom stereocenters. The zero-order valence-electron chi connectivity index (χ0n) is 18.0. The SMILES string of the molecule is CCNC(=NCC(C)(C)c1ccccc1C)NC1CCN(C(=O)OCC)CC1. The topological polar surface area (TPSA) is 66.0 Å². The summed E-state index contributed by atoms with van der Waals surface area (Å²) in [5.41, 5.74) is 2.59. The molecule has 0 aromatic heterocycles. The lowest BCUT2D eigenvalue weighted by Gasteiger charge is -2.32. The summed E-state index contributed by atoms with van der Waals surface area (Å²) in [4.78, 5) is 18.5. The molecule has 0 atom stereocenters. The summed E-state index contributed by atoms with van der Waals surface area (Å²) in [7, 11) is 0. The quantitative estimate of drug-likeness (QED) is 0.579. The molecule has 0 spiro atoms. The van der Waals surface area contributed by atoms with Crippen molar-refractivity contribution in [3.63, 3.8) is 0 Å². The van der Waals surface area contributed by atoms with Gasteiger partial charge >= 0.3 is 6.09 Å². The molecular weight excluding hydrogens is 352 g/mol. The van der Waals surface area contributed by atoms with Crippen molar-refractivity contribution in [3.8, 4) is 0 Å². The molecule has 2 N–H and O–H groups in total. The molecule has 156 valence electrons. The summed E-state index contributed by atoms with van der Waals surface area (Å²) >= 11 is 0. The number of rotatable bonds is 6. The number of guanidine groups is 1. The van der Waals surface area contributed by atoms with Crippen molar-refractivity contribution in [2.75, 3.05) is 32.8 Å². The number of carbonyl (C=O) groups is 1. The molecule has 1 heterocycles. The fraction of sp³-hybridized carbons (Fsp3) is 0.636. The second-order valence-corrected chi connectivity index (χ2v) is 8.00. The summed E-state index contributed by atoms with van der Waals surface area (Å²) in [6, 6.07) is 8.82. The minimum Gasteiger partial charge on any atom is -0.450 e. The van der Waals surface area contributed by atoms with E-state index in [9.17, 15) is 4.79 Å². The Morgan fingerprint density at radius 3 is 2.54 bits per heavy atom. The monoisotopic (exact) mass is 388 g/mol. The third kappa shape index (κ3) is 6.14. The van der Waals surface area contributed by atoms with Gasteiger partial charge in [0.25, 0.3) is 0 Å². The Balaban J connectivity index is 1.96. The number of benzene rings is 1. The van der Waals surface area contributed by atoms with Crippen LogP contribution in [0.5, 0.6) is 0 Å². The summed E-state index contributed by atoms with van der Waals surface area (Å²) in [5.74, 6) is 0.846. The van der Waals surface area contributed by atoms with E-state index in [1.165, 1.54) is 11.1 Å². The number of aryl methyl sites for hydroxylation is 1. The van der Waals surface area contributed by atoms with Crippen molar-refractivity contribution >= 4 is 12.1 Å². The summed E-state index contributed by atoms with van der Waals surface area (Å²) in [5, 5.41) is 6.90. The number of amides is 1. The number of likely N-dealkylation sites (tertiary alicyclic amines) is 1. The van der Waals surface area contributed by atoms with Gasteiger partial charge < -0.3 is 20.3 Å². The number of aliphatic imine (C=N–C) groups is 1. The molecule has 0 aliphatic carbocycles. The van der Waals surface area contributed by atoms with Gasteiger partial charge in [-0.1, -0.05) is 38.1 Å². The van der Waals surface area contributed by atoms with Gasteiger partial charge in [0.1, 0.15) is 0 Å². The molecule has 1 aliphatic rings. The molecular formula is C22H36N4O2. The Labute approximate surface area is 169 Å². The van der Waals surface area contributed by atoms with E-state index in [1.807, 2.05) is 6.92 Å². The molecule has 1 aliphatic heterocycles. The Bertz CT molecular complexity index is 664. The first-order valence-electron chi connectivity index (χ1n) is 10.4. The van der Waals surface area contributed by atoms with E-state index < -0.39 is 0 Å². The Morgan fingerprint density at radius 1 is 1.25 bits per heavy atom. The van der Waals surface area contributed by atoms with Gasteiger partial charge in [0, 0.05) is 31.1 Å². The smallest absolute Gasteiger partial charge is 0.409 e. The molecule has 0 saturated carbocycles. The molecule has 0 radical (unpaired) electrons. The number of hydrogen-bond acceptors (Lipinski definition) is 3. The second-order valence-electron chi connectivity index (χ2n) is 8.00. The first-order valence-corrected chi connectivity index (χ1v) is 10.4. The maximum absolute atomic E-state index is 11.9. The van der Waals surface area contributed by atoms with Gasteiger partial charge in [-0.05, 0) is 44.7 Å². The van der Waals surface area contributed by atoms with E-state index in [4.69, 9.17) is 9.73 Å². The lowest BCUT2D eigenvalue weighted by Crippen LogP contribution is -2.50. The van der Waals surface area contributed by atoms with Crippen LogP contribution in [0.15, 0.2) is 29.3 Å². The Kier molecular flexibility index (Phi) is 8.15. The van der Waals surface area contributed by atoms with Crippen molar-refractivity contribution in [3.05, 3.63) is 35.4 Å². The highest BCUT2D eigenvalue weighted by molar-refractivity contribution is 5.80. The van der Waals surface area contributed by atoms with Gasteiger partial charge in [-0.3, -0.25) is 4.99 Å². The molecule has 28 heavy (non-hydrogen) atoms. The highest BCUT2D eigenvalue weighted by Crippen LogP contribution is 2.26. The van der Waals surface area contributed by atoms with Crippen molar-refractivity contribution < 1.29 is 9.53 Å². The van der Waals surface area contributed by atoms with Gasteiger partial charge in [-0.2, -0.15) is 0 Å². The molecule has 1 saturated heterocycles. The average Bonchev–Trinajstić information content (AvgIpc) is 2.67. The lowest BCUT2D eigenvalue weighted by atomic mass is 9.82. The Morgan fingerprint density at radius 2 is 1.93 bits per heavy atom. The van der Waals surface area contributed by atoms with Crippen LogP contribution in [0.1, 0.15) is 51.7 Å². The molecule has 6 nitrogen and oxygen atoms in total. The summed E-state index contributed by atoms with van der Waals surface area (Å²) < 4.78 is 5.09. The molecule has 2 rings (SSSR count). The normalized spacial score (nSPS) is 16.0. The molecule has 0 bridgehead atoms. The van der Waals surface area contributed by atoms with E-state index in [2.05, 4.69) is 62.6 Å². The first-order chi connectivity index (χ1) is 13.4. The van der Waals surface area contributed by atoms with Gasteiger partial charge in [-0.15, -0.1) is 0 Å². The maximum atomic E-state index is 11.9. The molecule has 1 fully saturated rings. The number of piperidine rings is 1. The molecule has 6 heteroatoms. The predicted molar refractivity (Wildman–Crippen MR) is 115 cm³/mol. The number of ether oxygens (including phenoxy) is 1. The van der Waals surface area contributed by atoms with Crippen LogP contribution in [-0.2, 0) is 10.2 Å². The average molecular weight is 389 g/mol. The zero-order chi connectivity index (χ0) is 20.6. The lowest BCUT2D eigenvalue weighted by molar-refractivity contribution is 0.0963. The first kappa shape index (κ1) is 22.1. The van der Waals surface area contributed by atoms with Crippen LogP contribution in [-0.4, -0.2) is 55.8 Å².